The Morgan fingerprint density at radius 1 is 1.21 bits per heavy atom. The van der Waals surface area contributed by atoms with Crippen LogP contribution in [0.3, 0.4) is 0 Å². The Balaban J connectivity index is 1.61. The van der Waals surface area contributed by atoms with Crippen LogP contribution >= 0.6 is 0 Å². The van der Waals surface area contributed by atoms with E-state index >= 15 is 0 Å². The molecule has 1 aliphatic rings. The maximum Gasteiger partial charge on any atom is 0.410 e. The summed E-state index contributed by atoms with van der Waals surface area (Å²) in [7, 11) is 0. The van der Waals surface area contributed by atoms with Gasteiger partial charge in [0.15, 0.2) is 5.82 Å². The van der Waals surface area contributed by atoms with Crippen LogP contribution in [0.15, 0.2) is 18.2 Å². The molecule has 0 saturated carbocycles. The number of carbonyl (C=O) groups excluding carboxylic acids is 1. The van der Waals surface area contributed by atoms with Crippen LogP contribution < -0.4 is 4.90 Å². The van der Waals surface area contributed by atoms with E-state index in [9.17, 15) is 4.79 Å². The summed E-state index contributed by atoms with van der Waals surface area (Å²) in [5.41, 5.74) is 1.90. The van der Waals surface area contributed by atoms with E-state index in [0.29, 0.717) is 54.2 Å². The summed E-state index contributed by atoms with van der Waals surface area (Å²) < 4.78 is 7.04. The lowest BCUT2D eigenvalue weighted by Crippen LogP contribution is -2.50. The first-order valence-corrected chi connectivity index (χ1v) is 9.00. The minimum atomic E-state index is -0.518. The summed E-state index contributed by atoms with van der Waals surface area (Å²) in [5, 5.41) is 21.1. The van der Waals surface area contributed by atoms with Crippen molar-refractivity contribution in [1.29, 1.82) is 5.26 Å². The topological polar surface area (TPSA) is 113 Å². The lowest BCUT2D eigenvalue weighted by atomic mass is 10.2. The first kappa shape index (κ1) is 17.9. The average molecular weight is 380 g/mol. The third-order valence-corrected chi connectivity index (χ3v) is 4.46. The van der Waals surface area contributed by atoms with Crippen LogP contribution in [0.2, 0.25) is 0 Å². The number of fused-ring (bicyclic) bond motifs is 3. The van der Waals surface area contributed by atoms with Crippen molar-refractivity contribution in [2.24, 2.45) is 0 Å². The minimum absolute atomic E-state index is 0.308. The second kappa shape index (κ2) is 6.60. The molecule has 0 radical (unpaired) electrons. The molecule has 10 heteroatoms. The number of amides is 1. The van der Waals surface area contributed by atoms with E-state index in [-0.39, 0.29) is 6.09 Å². The number of anilines is 1. The highest BCUT2D eigenvalue weighted by Gasteiger charge is 2.28. The van der Waals surface area contributed by atoms with Crippen LogP contribution in [0, 0.1) is 11.3 Å². The summed E-state index contributed by atoms with van der Waals surface area (Å²) in [6.45, 7) is 7.80. The second-order valence-corrected chi connectivity index (χ2v) is 7.62. The number of aromatic nitrogens is 5. The van der Waals surface area contributed by atoms with Crippen LogP contribution in [-0.4, -0.2) is 67.8 Å². The third-order valence-electron chi connectivity index (χ3n) is 4.46. The fourth-order valence-corrected chi connectivity index (χ4v) is 3.15. The summed E-state index contributed by atoms with van der Waals surface area (Å²) in [4.78, 5) is 20.7. The molecule has 2 aromatic heterocycles. The molecule has 1 fully saturated rings. The predicted octanol–water partition coefficient (Wildman–Crippen LogP) is 1.60. The van der Waals surface area contributed by atoms with E-state index in [4.69, 9.17) is 15.0 Å². The van der Waals surface area contributed by atoms with Crippen LogP contribution in [0.25, 0.3) is 16.7 Å². The molecule has 1 aliphatic heterocycles. The molecule has 1 aromatic carbocycles. The molecule has 0 N–H and O–H groups in total. The zero-order valence-electron chi connectivity index (χ0n) is 16.0. The van der Waals surface area contributed by atoms with Crippen molar-refractivity contribution in [1.82, 2.24) is 29.9 Å². The summed E-state index contributed by atoms with van der Waals surface area (Å²) in [6, 6.07) is 7.34. The highest BCUT2D eigenvalue weighted by Crippen LogP contribution is 2.24. The number of piperazine rings is 1. The first-order chi connectivity index (χ1) is 13.4. The van der Waals surface area contributed by atoms with Gasteiger partial charge in [0, 0.05) is 26.2 Å². The number of rotatable bonds is 1. The van der Waals surface area contributed by atoms with Gasteiger partial charge in [-0.3, -0.25) is 0 Å². The van der Waals surface area contributed by atoms with E-state index in [2.05, 4.69) is 26.5 Å². The van der Waals surface area contributed by atoms with Gasteiger partial charge in [-0.2, -0.15) is 9.78 Å². The number of hydrogen-bond acceptors (Lipinski definition) is 8. The number of nitrogens with zero attached hydrogens (tertiary/aromatic N) is 8. The molecule has 1 saturated heterocycles. The van der Waals surface area contributed by atoms with Crippen molar-refractivity contribution in [3.05, 3.63) is 23.8 Å². The summed E-state index contributed by atoms with van der Waals surface area (Å²) in [6.07, 6.45) is -0.308. The predicted molar refractivity (Wildman–Crippen MR) is 101 cm³/mol. The SMILES string of the molecule is CC(C)(C)OC(=O)N1CCN(c2nc3ccc(C#N)cc3n3nnnc23)CC1. The van der Waals surface area contributed by atoms with Crippen LogP contribution in [0.5, 0.6) is 0 Å². The van der Waals surface area contributed by atoms with Crippen LogP contribution in [-0.2, 0) is 4.74 Å². The van der Waals surface area contributed by atoms with Crippen LogP contribution in [0.1, 0.15) is 26.3 Å². The monoisotopic (exact) mass is 380 g/mol. The molecular weight excluding hydrogens is 360 g/mol. The van der Waals surface area contributed by atoms with Crippen LogP contribution in [0.4, 0.5) is 10.6 Å². The van der Waals surface area contributed by atoms with Gasteiger partial charge in [0.2, 0.25) is 5.65 Å². The Morgan fingerprint density at radius 3 is 2.64 bits per heavy atom. The lowest BCUT2D eigenvalue weighted by Gasteiger charge is -2.36. The maximum absolute atomic E-state index is 12.3. The number of ether oxygens (including phenoxy) is 1. The Labute approximate surface area is 161 Å². The molecular formula is C18H20N8O2. The largest absolute Gasteiger partial charge is 0.444 e. The Morgan fingerprint density at radius 2 is 1.96 bits per heavy atom. The summed E-state index contributed by atoms with van der Waals surface area (Å²) in [5.74, 6) is 0.658. The molecule has 0 unspecified atom stereocenters. The zero-order chi connectivity index (χ0) is 19.9. The maximum atomic E-state index is 12.3. The van der Waals surface area contributed by atoms with Gasteiger partial charge in [0.05, 0.1) is 22.7 Å². The molecule has 0 aliphatic carbocycles. The zero-order valence-corrected chi connectivity index (χ0v) is 16.0. The van der Waals surface area contributed by atoms with Gasteiger partial charge in [-0.05, 0) is 49.4 Å². The van der Waals surface area contributed by atoms with Crippen molar-refractivity contribution in [3.63, 3.8) is 0 Å². The van der Waals surface area contributed by atoms with E-state index < -0.39 is 5.60 Å². The van der Waals surface area contributed by atoms with Gasteiger partial charge >= 0.3 is 6.09 Å². The smallest absolute Gasteiger partial charge is 0.410 e. The molecule has 28 heavy (non-hydrogen) atoms. The van der Waals surface area contributed by atoms with Gasteiger partial charge in [-0.1, -0.05) is 0 Å². The van der Waals surface area contributed by atoms with Crippen molar-refractivity contribution in [2.75, 3.05) is 31.1 Å². The first-order valence-electron chi connectivity index (χ1n) is 9.00. The molecule has 1 amide bonds. The van der Waals surface area contributed by atoms with Gasteiger partial charge in [-0.15, -0.1) is 5.10 Å². The molecule has 4 rings (SSSR count). The van der Waals surface area contributed by atoms with E-state index in [0.717, 1.165) is 0 Å². The Bertz CT molecular complexity index is 1090. The Hall–Kier alpha value is -3.48. The second-order valence-electron chi connectivity index (χ2n) is 7.62. The standard InChI is InChI=1S/C18H20N8O2/c1-18(2,3)28-17(27)25-8-6-24(7-9-25)15-16-21-22-23-26(16)14-10-12(11-19)4-5-13(14)20-15/h4-5,10H,6-9H2,1-3H3. The summed E-state index contributed by atoms with van der Waals surface area (Å²) >= 11 is 0. The third kappa shape index (κ3) is 3.26. The highest BCUT2D eigenvalue weighted by atomic mass is 16.6. The molecule has 0 spiro atoms. The highest BCUT2D eigenvalue weighted by molar-refractivity contribution is 5.83. The van der Waals surface area contributed by atoms with Gasteiger partial charge in [0.1, 0.15) is 5.60 Å². The number of tetrazole rings is 1. The molecule has 0 atom stereocenters. The molecule has 3 heterocycles. The van der Waals surface area contributed by atoms with Gasteiger partial charge in [-0.25, -0.2) is 9.78 Å². The molecule has 10 nitrogen and oxygen atoms in total. The number of benzene rings is 1. The minimum Gasteiger partial charge on any atom is -0.444 e. The van der Waals surface area contributed by atoms with Crippen molar-refractivity contribution >= 4 is 28.6 Å². The number of nitriles is 1. The van der Waals surface area contributed by atoms with Crippen molar-refractivity contribution in [3.8, 4) is 6.07 Å². The quantitative estimate of drug-likeness (QED) is 0.626. The van der Waals surface area contributed by atoms with Gasteiger partial charge < -0.3 is 14.5 Å². The fraction of sp³-hybridized carbons (Fsp3) is 0.444. The van der Waals surface area contributed by atoms with Crippen molar-refractivity contribution in [2.45, 2.75) is 26.4 Å². The molecule has 0 bridgehead atoms. The lowest BCUT2D eigenvalue weighted by molar-refractivity contribution is 0.0240. The Kier molecular flexibility index (Phi) is 4.22. The number of carbonyl (C=O) groups is 1. The van der Waals surface area contributed by atoms with Crippen molar-refractivity contribution < 1.29 is 9.53 Å². The molecule has 144 valence electrons. The normalized spacial score (nSPS) is 15.1. The van der Waals surface area contributed by atoms with Gasteiger partial charge in [0.25, 0.3) is 0 Å². The molecule has 3 aromatic rings. The number of hydrogen-bond donors (Lipinski definition) is 0. The fourth-order valence-electron chi connectivity index (χ4n) is 3.15. The average Bonchev–Trinajstić information content (AvgIpc) is 3.16. The van der Waals surface area contributed by atoms with E-state index in [1.54, 1.807) is 27.6 Å². The van der Waals surface area contributed by atoms with E-state index in [1.165, 1.54) is 0 Å². The van der Waals surface area contributed by atoms with E-state index in [1.807, 2.05) is 20.8 Å².